The van der Waals surface area contributed by atoms with Gasteiger partial charge in [0.25, 0.3) is 0 Å². The SMILES string of the molecule is CC(C)(CN)CN=C(Nc1cccc(F)c1)N1CCCCC1. The Bertz CT molecular complexity index is 507. The molecule has 0 aliphatic carbocycles. The van der Waals surface area contributed by atoms with Crippen LogP contribution in [0.5, 0.6) is 0 Å². The fraction of sp³-hybridized carbons (Fsp3) is 0.588. The van der Waals surface area contributed by atoms with Gasteiger partial charge in [0, 0.05) is 25.3 Å². The molecule has 122 valence electrons. The summed E-state index contributed by atoms with van der Waals surface area (Å²) in [7, 11) is 0. The van der Waals surface area contributed by atoms with E-state index in [4.69, 9.17) is 10.7 Å². The molecule has 0 atom stereocenters. The Kier molecular flexibility index (Phi) is 5.77. The Morgan fingerprint density at radius 2 is 2.05 bits per heavy atom. The summed E-state index contributed by atoms with van der Waals surface area (Å²) in [6, 6.07) is 6.50. The average molecular weight is 306 g/mol. The highest BCUT2D eigenvalue weighted by Crippen LogP contribution is 2.17. The van der Waals surface area contributed by atoms with Crippen molar-refractivity contribution in [2.45, 2.75) is 33.1 Å². The van der Waals surface area contributed by atoms with Crippen LogP contribution in [0.15, 0.2) is 29.3 Å². The van der Waals surface area contributed by atoms with E-state index in [0.717, 1.165) is 24.7 Å². The molecule has 4 nitrogen and oxygen atoms in total. The van der Waals surface area contributed by atoms with Crippen LogP contribution in [0.2, 0.25) is 0 Å². The number of nitrogens with two attached hydrogens (primary N) is 1. The smallest absolute Gasteiger partial charge is 0.198 e. The second-order valence-electron chi connectivity index (χ2n) is 6.69. The number of aliphatic imine (C=N–C) groups is 1. The quantitative estimate of drug-likeness (QED) is 0.664. The van der Waals surface area contributed by atoms with Gasteiger partial charge in [-0.1, -0.05) is 19.9 Å². The van der Waals surface area contributed by atoms with Crippen molar-refractivity contribution in [2.24, 2.45) is 16.1 Å². The molecule has 0 unspecified atom stereocenters. The highest BCUT2D eigenvalue weighted by Gasteiger charge is 2.19. The maximum atomic E-state index is 13.4. The van der Waals surface area contributed by atoms with E-state index in [9.17, 15) is 4.39 Å². The standard InChI is InChI=1S/C17H27FN4/c1-17(2,12-19)13-20-16(22-9-4-3-5-10-22)21-15-8-6-7-14(18)11-15/h6-8,11H,3-5,9-10,12-13,19H2,1-2H3,(H,20,21). The first-order valence-corrected chi connectivity index (χ1v) is 8.02. The molecule has 22 heavy (non-hydrogen) atoms. The van der Waals surface area contributed by atoms with Crippen LogP contribution in [0.4, 0.5) is 10.1 Å². The number of nitrogens with one attached hydrogen (secondary N) is 1. The molecule has 1 aliphatic rings. The zero-order valence-corrected chi connectivity index (χ0v) is 13.6. The lowest BCUT2D eigenvalue weighted by atomic mass is 9.94. The molecule has 0 amide bonds. The first kappa shape index (κ1) is 16.7. The van der Waals surface area contributed by atoms with E-state index in [0.29, 0.717) is 13.1 Å². The molecule has 0 saturated carbocycles. The van der Waals surface area contributed by atoms with Crippen molar-refractivity contribution in [3.63, 3.8) is 0 Å². The molecule has 5 heteroatoms. The van der Waals surface area contributed by atoms with Gasteiger partial charge in [0.05, 0.1) is 0 Å². The first-order chi connectivity index (χ1) is 10.5. The van der Waals surface area contributed by atoms with E-state index in [-0.39, 0.29) is 11.2 Å². The first-order valence-electron chi connectivity index (χ1n) is 8.02. The van der Waals surface area contributed by atoms with Crippen LogP contribution in [0.1, 0.15) is 33.1 Å². The number of halogens is 1. The van der Waals surface area contributed by atoms with Gasteiger partial charge in [0.2, 0.25) is 0 Å². The van der Waals surface area contributed by atoms with Crippen LogP contribution in [0.3, 0.4) is 0 Å². The summed E-state index contributed by atoms with van der Waals surface area (Å²) in [4.78, 5) is 6.99. The number of piperidine rings is 1. The Hall–Kier alpha value is -1.62. The summed E-state index contributed by atoms with van der Waals surface area (Å²) in [6.45, 7) is 7.43. The number of hydrogen-bond acceptors (Lipinski definition) is 2. The molecule has 0 aromatic heterocycles. The van der Waals surface area contributed by atoms with Crippen molar-refractivity contribution in [3.8, 4) is 0 Å². The monoisotopic (exact) mass is 306 g/mol. The lowest BCUT2D eigenvalue weighted by Gasteiger charge is -2.31. The number of anilines is 1. The van der Waals surface area contributed by atoms with E-state index >= 15 is 0 Å². The molecule has 0 bridgehead atoms. The van der Waals surface area contributed by atoms with Gasteiger partial charge in [0.1, 0.15) is 5.82 Å². The predicted octanol–water partition coefficient (Wildman–Crippen LogP) is 3.06. The van der Waals surface area contributed by atoms with Crippen LogP contribution >= 0.6 is 0 Å². The summed E-state index contributed by atoms with van der Waals surface area (Å²) in [5.41, 5.74) is 6.48. The lowest BCUT2D eigenvalue weighted by molar-refractivity contribution is 0.335. The minimum atomic E-state index is -0.245. The molecule has 1 aromatic carbocycles. The molecule has 1 heterocycles. The third-order valence-corrected chi connectivity index (χ3v) is 3.95. The molecular formula is C17H27FN4. The topological polar surface area (TPSA) is 53.6 Å². The van der Waals surface area contributed by atoms with Crippen LogP contribution in [0, 0.1) is 11.2 Å². The van der Waals surface area contributed by atoms with Gasteiger partial charge >= 0.3 is 0 Å². The van der Waals surface area contributed by atoms with E-state index in [1.807, 2.05) is 6.07 Å². The summed E-state index contributed by atoms with van der Waals surface area (Å²) in [6.07, 6.45) is 3.60. The van der Waals surface area contributed by atoms with Crippen molar-refractivity contribution in [1.82, 2.24) is 4.90 Å². The van der Waals surface area contributed by atoms with Gasteiger partial charge < -0.3 is 16.0 Å². The molecule has 2 rings (SSSR count). The molecule has 1 saturated heterocycles. The Balaban J connectivity index is 2.15. The van der Waals surface area contributed by atoms with Crippen molar-refractivity contribution in [1.29, 1.82) is 0 Å². The second kappa shape index (κ2) is 7.58. The summed E-state index contributed by atoms with van der Waals surface area (Å²) < 4.78 is 13.4. The molecule has 0 radical (unpaired) electrons. The largest absolute Gasteiger partial charge is 0.343 e. The number of guanidine groups is 1. The highest BCUT2D eigenvalue weighted by atomic mass is 19.1. The lowest BCUT2D eigenvalue weighted by Crippen LogP contribution is -2.41. The number of likely N-dealkylation sites (tertiary alicyclic amines) is 1. The van der Waals surface area contributed by atoms with Crippen LogP contribution in [-0.2, 0) is 0 Å². The fourth-order valence-corrected chi connectivity index (χ4v) is 2.37. The second-order valence-corrected chi connectivity index (χ2v) is 6.69. The van der Waals surface area contributed by atoms with Crippen molar-refractivity contribution in [2.75, 3.05) is 31.5 Å². The third-order valence-electron chi connectivity index (χ3n) is 3.95. The van der Waals surface area contributed by atoms with Gasteiger partial charge in [-0.25, -0.2) is 4.39 Å². The van der Waals surface area contributed by atoms with Gasteiger partial charge in [-0.3, -0.25) is 4.99 Å². The van der Waals surface area contributed by atoms with Gasteiger partial charge in [-0.05, 0) is 49.4 Å². The Morgan fingerprint density at radius 1 is 1.32 bits per heavy atom. The molecule has 0 spiro atoms. The minimum Gasteiger partial charge on any atom is -0.343 e. The fourth-order valence-electron chi connectivity index (χ4n) is 2.37. The van der Waals surface area contributed by atoms with Crippen molar-refractivity contribution >= 4 is 11.6 Å². The highest BCUT2D eigenvalue weighted by molar-refractivity contribution is 5.93. The summed E-state index contributed by atoms with van der Waals surface area (Å²) in [5, 5.41) is 3.28. The van der Waals surface area contributed by atoms with Crippen molar-refractivity contribution in [3.05, 3.63) is 30.1 Å². The number of hydrogen-bond donors (Lipinski definition) is 2. The Labute approximate surface area is 132 Å². The Morgan fingerprint density at radius 3 is 2.68 bits per heavy atom. The maximum absolute atomic E-state index is 13.4. The minimum absolute atomic E-state index is 0.0370. The van der Waals surface area contributed by atoms with E-state index in [1.54, 1.807) is 6.07 Å². The number of benzene rings is 1. The number of rotatable bonds is 4. The summed E-state index contributed by atoms with van der Waals surface area (Å²) in [5.74, 6) is 0.581. The zero-order valence-electron chi connectivity index (χ0n) is 13.6. The zero-order chi connectivity index (χ0) is 16.0. The normalized spacial score (nSPS) is 16.7. The van der Waals surface area contributed by atoms with Crippen LogP contribution in [-0.4, -0.2) is 37.0 Å². The number of nitrogens with zero attached hydrogens (tertiary/aromatic N) is 2. The average Bonchev–Trinajstić information content (AvgIpc) is 2.52. The molecular weight excluding hydrogens is 279 g/mol. The van der Waals surface area contributed by atoms with Crippen molar-refractivity contribution < 1.29 is 4.39 Å². The predicted molar refractivity (Wildman–Crippen MR) is 90.6 cm³/mol. The van der Waals surface area contributed by atoms with E-state index in [1.165, 1.54) is 31.4 Å². The van der Waals surface area contributed by atoms with Gasteiger partial charge in [0.15, 0.2) is 5.96 Å². The van der Waals surface area contributed by atoms with E-state index < -0.39 is 0 Å². The van der Waals surface area contributed by atoms with Gasteiger partial charge in [-0.2, -0.15) is 0 Å². The van der Waals surface area contributed by atoms with E-state index in [2.05, 4.69) is 24.1 Å². The van der Waals surface area contributed by atoms with Crippen LogP contribution < -0.4 is 11.1 Å². The van der Waals surface area contributed by atoms with Crippen LogP contribution in [0.25, 0.3) is 0 Å². The van der Waals surface area contributed by atoms with Gasteiger partial charge in [-0.15, -0.1) is 0 Å². The molecule has 1 aliphatic heterocycles. The third kappa shape index (κ3) is 4.98. The molecule has 1 aromatic rings. The molecule has 3 N–H and O–H groups in total. The molecule has 1 fully saturated rings. The maximum Gasteiger partial charge on any atom is 0.198 e. The summed E-state index contributed by atoms with van der Waals surface area (Å²) >= 11 is 0.